The fourth-order valence-corrected chi connectivity index (χ4v) is 4.13. The van der Waals surface area contributed by atoms with E-state index in [1.165, 1.54) is 11.5 Å². The minimum atomic E-state index is -0.406. The van der Waals surface area contributed by atoms with E-state index in [1.807, 2.05) is 57.6 Å². The zero-order chi connectivity index (χ0) is 23.5. The highest BCUT2D eigenvalue weighted by Crippen LogP contribution is 2.41. The average Bonchev–Trinajstić information content (AvgIpc) is 3.18. The summed E-state index contributed by atoms with van der Waals surface area (Å²) in [5, 5.41) is 10.4. The van der Waals surface area contributed by atoms with Crippen molar-refractivity contribution in [1.29, 1.82) is 5.26 Å². The quantitative estimate of drug-likeness (QED) is 0.297. The Balaban J connectivity index is 1.92. The maximum absolute atomic E-state index is 9.92. The molecule has 0 atom stereocenters. The van der Waals surface area contributed by atoms with Gasteiger partial charge in [0.25, 0.3) is 0 Å². The number of benzene rings is 2. The molecular formula is C26H30N4OS. The molecule has 0 unspecified atom stereocenters. The fraction of sp³-hybridized carbons (Fsp3) is 0.346. The summed E-state index contributed by atoms with van der Waals surface area (Å²) in [5.41, 5.74) is 4.78. The predicted octanol–water partition coefficient (Wildman–Crippen LogP) is 6.75. The molecule has 166 valence electrons. The lowest BCUT2D eigenvalue weighted by atomic mass is 9.80. The number of hydrogen-bond donors (Lipinski definition) is 0. The van der Waals surface area contributed by atoms with Gasteiger partial charge in [0, 0.05) is 30.0 Å². The van der Waals surface area contributed by atoms with E-state index in [1.54, 1.807) is 0 Å². The first-order valence-electron chi connectivity index (χ1n) is 10.7. The molecule has 32 heavy (non-hydrogen) atoms. The zero-order valence-corrected chi connectivity index (χ0v) is 20.6. The molecule has 0 amide bonds. The lowest BCUT2D eigenvalue weighted by molar-refractivity contribution is 0.429. The van der Waals surface area contributed by atoms with Crippen molar-refractivity contribution in [1.82, 2.24) is 9.27 Å². The molecule has 2 aromatic carbocycles. The van der Waals surface area contributed by atoms with Crippen LogP contribution in [0.4, 0.5) is 5.69 Å². The Morgan fingerprint density at radius 2 is 1.84 bits per heavy atom. The fourth-order valence-electron chi connectivity index (χ4n) is 3.27. The molecule has 1 aromatic heterocycles. The summed E-state index contributed by atoms with van der Waals surface area (Å²) in [7, 11) is 2.01. The van der Waals surface area contributed by atoms with Gasteiger partial charge >= 0.3 is 0 Å². The van der Waals surface area contributed by atoms with Crippen molar-refractivity contribution < 1.29 is 4.74 Å². The molecule has 0 aliphatic carbocycles. The van der Waals surface area contributed by atoms with Crippen LogP contribution < -0.4 is 4.74 Å². The first-order chi connectivity index (χ1) is 15.1. The summed E-state index contributed by atoms with van der Waals surface area (Å²) >= 11 is 1.22. The minimum Gasteiger partial charge on any atom is -0.443 e. The molecule has 3 rings (SSSR count). The van der Waals surface area contributed by atoms with Crippen LogP contribution in [0.5, 0.6) is 10.8 Å². The lowest BCUT2D eigenvalue weighted by Gasteiger charge is -2.23. The van der Waals surface area contributed by atoms with Crippen LogP contribution in [0, 0.1) is 25.2 Å². The van der Waals surface area contributed by atoms with Gasteiger partial charge in [-0.3, -0.25) is 0 Å². The number of aryl methyl sites for hydroxylation is 2. The van der Waals surface area contributed by atoms with E-state index < -0.39 is 5.41 Å². The van der Waals surface area contributed by atoms with Gasteiger partial charge in [0.1, 0.15) is 17.4 Å². The molecule has 0 spiro atoms. The number of aromatic nitrogens is 1. The third-order valence-electron chi connectivity index (χ3n) is 5.75. The number of nitriles is 1. The van der Waals surface area contributed by atoms with Crippen molar-refractivity contribution in [2.75, 3.05) is 7.05 Å². The Morgan fingerprint density at radius 1 is 1.16 bits per heavy atom. The number of hydrogen-bond acceptors (Lipinski definition) is 5. The van der Waals surface area contributed by atoms with E-state index in [0.717, 1.165) is 28.1 Å². The van der Waals surface area contributed by atoms with E-state index in [2.05, 4.69) is 60.2 Å². The summed E-state index contributed by atoms with van der Waals surface area (Å²) in [6.45, 7) is 12.4. The van der Waals surface area contributed by atoms with Gasteiger partial charge in [0.2, 0.25) is 5.06 Å². The summed E-state index contributed by atoms with van der Waals surface area (Å²) < 4.78 is 10.8. The Kier molecular flexibility index (Phi) is 7.00. The SMILES string of the molecule is Cc1cc(Oc2snc(C(C)(C)c3ccccc3)c2C#N)c(C)cc1N=CN(C)C(C)C. The van der Waals surface area contributed by atoms with Crippen molar-refractivity contribution in [3.63, 3.8) is 0 Å². The van der Waals surface area contributed by atoms with Crippen molar-refractivity contribution in [3.8, 4) is 16.9 Å². The molecule has 0 saturated heterocycles. The summed E-state index contributed by atoms with van der Waals surface area (Å²) in [5.74, 6) is 0.711. The van der Waals surface area contributed by atoms with Gasteiger partial charge in [0.05, 0.1) is 17.7 Å². The van der Waals surface area contributed by atoms with Crippen LogP contribution in [0.15, 0.2) is 47.5 Å². The van der Waals surface area contributed by atoms with Crippen LogP contribution in [0.2, 0.25) is 0 Å². The van der Waals surface area contributed by atoms with E-state index in [-0.39, 0.29) is 0 Å². The van der Waals surface area contributed by atoms with Gasteiger partial charge in [-0.2, -0.15) is 9.64 Å². The maximum Gasteiger partial charge on any atom is 0.218 e. The Bertz CT molecular complexity index is 1160. The second-order valence-electron chi connectivity index (χ2n) is 8.81. The van der Waals surface area contributed by atoms with Gasteiger partial charge < -0.3 is 9.64 Å². The molecule has 0 fully saturated rings. The predicted molar refractivity (Wildman–Crippen MR) is 132 cm³/mol. The van der Waals surface area contributed by atoms with E-state index in [0.29, 0.717) is 22.4 Å². The first-order valence-corrected chi connectivity index (χ1v) is 11.4. The zero-order valence-electron chi connectivity index (χ0n) is 19.8. The summed E-state index contributed by atoms with van der Waals surface area (Å²) in [4.78, 5) is 6.68. The molecule has 0 N–H and O–H groups in total. The molecule has 3 aromatic rings. The minimum absolute atomic E-state index is 0.382. The highest BCUT2D eigenvalue weighted by atomic mass is 32.1. The van der Waals surface area contributed by atoms with Crippen LogP contribution >= 0.6 is 11.5 Å². The average molecular weight is 447 g/mol. The van der Waals surface area contributed by atoms with Crippen molar-refractivity contribution in [2.24, 2.45) is 4.99 Å². The number of aliphatic imine (C=N–C) groups is 1. The molecule has 1 heterocycles. The first kappa shape index (κ1) is 23.5. The number of ether oxygens (including phenoxy) is 1. The Morgan fingerprint density at radius 3 is 2.47 bits per heavy atom. The Labute approximate surface area is 195 Å². The van der Waals surface area contributed by atoms with E-state index >= 15 is 0 Å². The van der Waals surface area contributed by atoms with Gasteiger partial charge in [-0.05, 0) is 56.5 Å². The monoisotopic (exact) mass is 446 g/mol. The molecule has 0 aliphatic rings. The van der Waals surface area contributed by atoms with Crippen LogP contribution in [-0.4, -0.2) is 28.7 Å². The summed E-state index contributed by atoms with van der Waals surface area (Å²) in [6, 6.07) is 16.8. The molecule has 0 saturated carbocycles. The number of nitrogens with zero attached hydrogens (tertiary/aromatic N) is 4. The third kappa shape index (κ3) is 4.84. The smallest absolute Gasteiger partial charge is 0.218 e. The van der Waals surface area contributed by atoms with Crippen LogP contribution in [0.3, 0.4) is 0 Å². The molecule has 0 radical (unpaired) electrons. The highest BCUT2D eigenvalue weighted by molar-refractivity contribution is 7.08. The number of rotatable bonds is 7. The lowest BCUT2D eigenvalue weighted by Crippen LogP contribution is -2.24. The van der Waals surface area contributed by atoms with Crippen molar-refractivity contribution >= 4 is 23.6 Å². The van der Waals surface area contributed by atoms with Gasteiger partial charge in [0.15, 0.2) is 0 Å². The topological polar surface area (TPSA) is 61.5 Å². The highest BCUT2D eigenvalue weighted by Gasteiger charge is 2.31. The second-order valence-corrected chi connectivity index (χ2v) is 9.54. The van der Waals surface area contributed by atoms with E-state index in [4.69, 9.17) is 4.74 Å². The van der Waals surface area contributed by atoms with Crippen LogP contribution in [-0.2, 0) is 5.41 Å². The standard InChI is InChI=1S/C26H30N4OS/c1-17(2)30(7)16-28-22-13-19(4)23(14-18(22)3)31-25-21(15-27)24(29-32-25)26(5,6)20-11-9-8-10-12-20/h8-14,16-17H,1-7H3. The van der Waals surface area contributed by atoms with Crippen LogP contribution in [0.1, 0.15) is 55.6 Å². The molecule has 6 heteroatoms. The van der Waals surface area contributed by atoms with Crippen LogP contribution in [0.25, 0.3) is 0 Å². The normalized spacial score (nSPS) is 11.7. The van der Waals surface area contributed by atoms with E-state index in [9.17, 15) is 5.26 Å². The molecular weight excluding hydrogens is 416 g/mol. The Hall–Kier alpha value is -3.17. The van der Waals surface area contributed by atoms with Crippen molar-refractivity contribution in [3.05, 3.63) is 70.4 Å². The van der Waals surface area contributed by atoms with Crippen molar-refractivity contribution in [2.45, 2.75) is 53.0 Å². The van der Waals surface area contributed by atoms with Gasteiger partial charge in [-0.25, -0.2) is 4.99 Å². The van der Waals surface area contributed by atoms with Gasteiger partial charge in [-0.15, -0.1) is 0 Å². The molecule has 5 nitrogen and oxygen atoms in total. The second kappa shape index (κ2) is 9.54. The largest absolute Gasteiger partial charge is 0.443 e. The summed E-state index contributed by atoms with van der Waals surface area (Å²) in [6.07, 6.45) is 1.85. The molecule has 0 bridgehead atoms. The van der Waals surface area contributed by atoms with Gasteiger partial charge in [-0.1, -0.05) is 44.2 Å². The molecule has 0 aliphatic heterocycles. The third-order valence-corrected chi connectivity index (χ3v) is 6.48. The maximum atomic E-state index is 9.92.